The van der Waals surface area contributed by atoms with Crippen LogP contribution in [0.3, 0.4) is 0 Å². The van der Waals surface area contributed by atoms with Crippen molar-refractivity contribution in [2.24, 2.45) is 23.7 Å². The van der Waals surface area contributed by atoms with Gasteiger partial charge in [-0.3, -0.25) is 0 Å². The second-order valence-electron chi connectivity index (χ2n) is 7.28. The van der Waals surface area contributed by atoms with Crippen LogP contribution in [0.15, 0.2) is 0 Å². The topological polar surface area (TPSA) is 47.9 Å². The number of rotatable bonds is 2. The van der Waals surface area contributed by atoms with E-state index in [0.717, 1.165) is 0 Å². The Morgan fingerprint density at radius 2 is 1.19 bits per heavy atom. The van der Waals surface area contributed by atoms with E-state index < -0.39 is 12.4 Å². The van der Waals surface area contributed by atoms with Gasteiger partial charge in [0.15, 0.2) is 6.29 Å². The number of hydrogen-bond acceptors (Lipinski definition) is 4. The Labute approximate surface area is 129 Å². The molecular formula is C17H32O4. The van der Waals surface area contributed by atoms with Gasteiger partial charge in [-0.15, -0.1) is 0 Å². The molecule has 0 bridgehead atoms. The van der Waals surface area contributed by atoms with E-state index in [-0.39, 0.29) is 30.3 Å². The standard InChI is InChI=1S/C17H32O4/c1-8-10(3)15(18)17(20-13(8)6)21-16-11(4)9(2)12(5)19-14(16)7/h8-18H,1-7H3/t8-,9-,10?,11?,12?,13?,14+,15+,16+,17+/m1/s1. The largest absolute Gasteiger partial charge is 0.388 e. The Bertz CT molecular complexity index is 348. The van der Waals surface area contributed by atoms with Crippen molar-refractivity contribution >= 4 is 0 Å². The molecule has 2 aliphatic heterocycles. The van der Waals surface area contributed by atoms with Crippen molar-refractivity contribution in [2.45, 2.75) is 85.3 Å². The maximum Gasteiger partial charge on any atom is 0.184 e. The summed E-state index contributed by atoms with van der Waals surface area (Å²) in [7, 11) is 0. The zero-order chi connectivity index (χ0) is 15.9. The number of ether oxygens (including phenoxy) is 3. The molecule has 0 spiro atoms. The van der Waals surface area contributed by atoms with Gasteiger partial charge >= 0.3 is 0 Å². The van der Waals surface area contributed by atoms with Crippen molar-refractivity contribution in [3.8, 4) is 0 Å². The van der Waals surface area contributed by atoms with Gasteiger partial charge in [-0.1, -0.05) is 27.7 Å². The van der Waals surface area contributed by atoms with Gasteiger partial charge in [0.2, 0.25) is 0 Å². The van der Waals surface area contributed by atoms with E-state index in [0.29, 0.717) is 17.8 Å². The first-order valence-corrected chi connectivity index (χ1v) is 8.38. The molecule has 124 valence electrons. The van der Waals surface area contributed by atoms with Gasteiger partial charge < -0.3 is 19.3 Å². The van der Waals surface area contributed by atoms with Crippen LogP contribution in [0.1, 0.15) is 48.5 Å². The van der Waals surface area contributed by atoms with Gasteiger partial charge in [0, 0.05) is 0 Å². The van der Waals surface area contributed by atoms with E-state index in [1.165, 1.54) is 0 Å². The molecule has 2 aliphatic rings. The molecule has 0 aromatic heterocycles. The minimum atomic E-state index is -0.578. The number of aliphatic hydroxyl groups excluding tert-OH is 1. The third-order valence-corrected chi connectivity index (χ3v) is 6.01. The van der Waals surface area contributed by atoms with Crippen LogP contribution in [0, 0.1) is 23.7 Å². The second kappa shape index (κ2) is 6.53. The maximum atomic E-state index is 10.5. The molecule has 10 atom stereocenters. The third kappa shape index (κ3) is 3.29. The van der Waals surface area contributed by atoms with Crippen LogP contribution in [0.2, 0.25) is 0 Å². The first-order valence-electron chi connectivity index (χ1n) is 8.38. The maximum absolute atomic E-state index is 10.5. The van der Waals surface area contributed by atoms with Gasteiger partial charge in [-0.25, -0.2) is 0 Å². The molecule has 1 N–H and O–H groups in total. The quantitative estimate of drug-likeness (QED) is 0.852. The fourth-order valence-corrected chi connectivity index (χ4v) is 3.60. The Morgan fingerprint density at radius 3 is 1.81 bits per heavy atom. The number of aliphatic hydroxyl groups is 1. The van der Waals surface area contributed by atoms with E-state index in [2.05, 4.69) is 41.5 Å². The summed E-state index contributed by atoms with van der Waals surface area (Å²) in [6, 6.07) is 0. The summed E-state index contributed by atoms with van der Waals surface area (Å²) in [6.07, 6.45) is -0.809. The van der Waals surface area contributed by atoms with Crippen LogP contribution in [0.5, 0.6) is 0 Å². The molecule has 4 nitrogen and oxygen atoms in total. The van der Waals surface area contributed by atoms with E-state index in [9.17, 15) is 5.11 Å². The van der Waals surface area contributed by atoms with Crippen LogP contribution in [0.4, 0.5) is 0 Å². The smallest absolute Gasteiger partial charge is 0.184 e. The Kier molecular flexibility index (Phi) is 5.35. The van der Waals surface area contributed by atoms with Crippen molar-refractivity contribution in [2.75, 3.05) is 0 Å². The lowest BCUT2D eigenvalue weighted by Crippen LogP contribution is -2.55. The Morgan fingerprint density at radius 1 is 0.667 bits per heavy atom. The third-order valence-electron chi connectivity index (χ3n) is 6.01. The minimum absolute atomic E-state index is 0.0203. The lowest BCUT2D eigenvalue weighted by molar-refractivity contribution is -0.308. The zero-order valence-corrected chi connectivity index (χ0v) is 14.4. The number of hydrogen-bond donors (Lipinski definition) is 1. The molecule has 0 saturated carbocycles. The van der Waals surface area contributed by atoms with E-state index >= 15 is 0 Å². The van der Waals surface area contributed by atoms with Crippen LogP contribution < -0.4 is 0 Å². The van der Waals surface area contributed by atoms with Gasteiger partial charge in [0.25, 0.3) is 0 Å². The van der Waals surface area contributed by atoms with Crippen molar-refractivity contribution < 1.29 is 19.3 Å². The SMILES string of the molecule is CC1O[C@@H](O[C@H]2C(C)[C@@H](C)C(C)O[C@H]2C)[C@@H](O)C(C)[C@H]1C. The highest BCUT2D eigenvalue weighted by Gasteiger charge is 2.44. The molecule has 2 saturated heterocycles. The van der Waals surface area contributed by atoms with Gasteiger partial charge in [-0.05, 0) is 44.4 Å². The molecule has 0 aliphatic carbocycles. The molecule has 21 heavy (non-hydrogen) atoms. The predicted octanol–water partition coefficient (Wildman–Crippen LogP) is 2.83. The first-order chi connectivity index (χ1) is 9.73. The molecule has 0 aromatic carbocycles. The molecule has 2 fully saturated rings. The summed E-state index contributed by atoms with van der Waals surface area (Å²) in [4.78, 5) is 0. The summed E-state index contributed by atoms with van der Waals surface area (Å²) in [5.41, 5.74) is 0. The van der Waals surface area contributed by atoms with Gasteiger partial charge in [0.1, 0.15) is 6.10 Å². The molecule has 0 aromatic rings. The fourth-order valence-electron chi connectivity index (χ4n) is 3.60. The molecule has 2 heterocycles. The summed E-state index contributed by atoms with van der Waals surface area (Å²) < 4.78 is 18.1. The van der Waals surface area contributed by atoms with E-state index in [1.54, 1.807) is 0 Å². The molecule has 4 unspecified atom stereocenters. The van der Waals surface area contributed by atoms with Crippen molar-refractivity contribution in [3.63, 3.8) is 0 Å². The Hall–Kier alpha value is -0.160. The molecule has 0 radical (unpaired) electrons. The zero-order valence-electron chi connectivity index (χ0n) is 14.4. The fraction of sp³-hybridized carbons (Fsp3) is 1.00. The van der Waals surface area contributed by atoms with Crippen LogP contribution >= 0.6 is 0 Å². The lowest BCUT2D eigenvalue weighted by atomic mass is 9.81. The minimum Gasteiger partial charge on any atom is -0.388 e. The second-order valence-corrected chi connectivity index (χ2v) is 7.28. The highest BCUT2D eigenvalue weighted by atomic mass is 16.7. The van der Waals surface area contributed by atoms with Crippen molar-refractivity contribution in [1.82, 2.24) is 0 Å². The van der Waals surface area contributed by atoms with E-state index in [4.69, 9.17) is 14.2 Å². The summed E-state index contributed by atoms with van der Waals surface area (Å²) in [5.74, 6) is 1.31. The highest BCUT2D eigenvalue weighted by molar-refractivity contribution is 4.88. The average Bonchev–Trinajstić information content (AvgIpc) is 2.44. The van der Waals surface area contributed by atoms with Crippen LogP contribution in [0.25, 0.3) is 0 Å². The van der Waals surface area contributed by atoms with Crippen LogP contribution in [-0.4, -0.2) is 41.9 Å². The van der Waals surface area contributed by atoms with E-state index in [1.807, 2.05) is 6.92 Å². The molecule has 2 rings (SSSR count). The van der Waals surface area contributed by atoms with Crippen molar-refractivity contribution in [1.29, 1.82) is 0 Å². The summed E-state index contributed by atoms with van der Waals surface area (Å²) >= 11 is 0. The summed E-state index contributed by atoms with van der Waals surface area (Å²) in [5, 5.41) is 10.5. The van der Waals surface area contributed by atoms with Gasteiger partial charge in [-0.2, -0.15) is 0 Å². The molecule has 0 amide bonds. The van der Waals surface area contributed by atoms with Crippen molar-refractivity contribution in [3.05, 3.63) is 0 Å². The lowest BCUT2D eigenvalue weighted by Gasteiger charge is -2.47. The highest BCUT2D eigenvalue weighted by Crippen LogP contribution is 2.36. The first kappa shape index (κ1) is 17.2. The predicted molar refractivity (Wildman–Crippen MR) is 81.9 cm³/mol. The molecular weight excluding hydrogens is 268 g/mol. The Balaban J connectivity index is 2.06. The van der Waals surface area contributed by atoms with Crippen LogP contribution in [-0.2, 0) is 14.2 Å². The monoisotopic (exact) mass is 300 g/mol. The van der Waals surface area contributed by atoms with Gasteiger partial charge in [0.05, 0.1) is 24.4 Å². The average molecular weight is 300 g/mol. The normalized spacial score (nSPS) is 55.4. The molecule has 4 heteroatoms. The summed E-state index contributed by atoms with van der Waals surface area (Å²) in [6.45, 7) is 14.8.